The fourth-order valence-electron chi connectivity index (χ4n) is 4.51. The quantitative estimate of drug-likeness (QED) is 0.111. The lowest BCUT2D eigenvalue weighted by Gasteiger charge is -2.32. The average molecular weight is 495 g/mol. The number of allylic oxidation sites excluding steroid dienone is 2. The van der Waals surface area contributed by atoms with Crippen LogP contribution in [0.2, 0.25) is 0 Å². The molecule has 2 aromatic carbocycles. The van der Waals surface area contributed by atoms with Crippen LogP contribution in [0.15, 0.2) is 72.3 Å². The largest absolute Gasteiger partial charge is 0.407 e. The lowest BCUT2D eigenvalue weighted by molar-refractivity contribution is 0.177. The lowest BCUT2D eigenvalue weighted by Crippen LogP contribution is -2.63. The van der Waals surface area contributed by atoms with Crippen LogP contribution in [0.4, 0.5) is 0 Å². The third-order valence-electron chi connectivity index (χ3n) is 6.74. The normalized spacial score (nSPS) is 12.5. The standard InChI is InChI=1S/C32H50O2Si/c1-5-6-7-8-9-10-11-18-27-33-35(31-22-14-12-15-23-31,32-24-16-13-17-25-32)34-28-26-30(4)21-19-20-29(2)3/h12-17,20,22-25,30H,5-11,18-19,21,26-28H2,1-4H3. The number of unbranched alkanes of at least 4 members (excludes halogenated alkanes) is 7. The molecule has 1 unspecified atom stereocenters. The summed E-state index contributed by atoms with van der Waals surface area (Å²) >= 11 is 0. The van der Waals surface area contributed by atoms with E-state index < -0.39 is 8.56 Å². The van der Waals surface area contributed by atoms with E-state index in [-0.39, 0.29) is 0 Å². The maximum atomic E-state index is 6.87. The van der Waals surface area contributed by atoms with E-state index >= 15 is 0 Å². The van der Waals surface area contributed by atoms with Gasteiger partial charge in [-0.3, -0.25) is 0 Å². The molecule has 0 fully saturated rings. The molecule has 0 aliphatic heterocycles. The Bertz CT molecular complexity index is 759. The monoisotopic (exact) mass is 494 g/mol. The van der Waals surface area contributed by atoms with Crippen molar-refractivity contribution in [2.75, 3.05) is 13.2 Å². The molecule has 35 heavy (non-hydrogen) atoms. The van der Waals surface area contributed by atoms with E-state index in [1.165, 1.54) is 67.3 Å². The molecule has 194 valence electrons. The van der Waals surface area contributed by atoms with Crippen LogP contribution in [0.25, 0.3) is 0 Å². The summed E-state index contributed by atoms with van der Waals surface area (Å²) in [5.41, 5.74) is 1.40. The molecule has 0 amide bonds. The Kier molecular flexibility index (Phi) is 14.9. The van der Waals surface area contributed by atoms with Crippen molar-refractivity contribution in [2.45, 2.75) is 98.3 Å². The Morgan fingerprint density at radius 2 is 1.23 bits per heavy atom. The van der Waals surface area contributed by atoms with E-state index in [1.807, 2.05) is 0 Å². The van der Waals surface area contributed by atoms with Crippen LogP contribution in [0.1, 0.15) is 98.3 Å². The molecule has 0 aliphatic rings. The molecular weight excluding hydrogens is 444 g/mol. The van der Waals surface area contributed by atoms with Gasteiger partial charge in [-0.05, 0) is 55.8 Å². The summed E-state index contributed by atoms with van der Waals surface area (Å²) in [6.07, 6.45) is 16.2. The van der Waals surface area contributed by atoms with E-state index in [4.69, 9.17) is 8.85 Å². The highest BCUT2D eigenvalue weighted by atomic mass is 28.4. The van der Waals surface area contributed by atoms with Gasteiger partial charge in [0.25, 0.3) is 0 Å². The van der Waals surface area contributed by atoms with Crippen molar-refractivity contribution in [3.63, 3.8) is 0 Å². The van der Waals surface area contributed by atoms with E-state index in [1.54, 1.807) is 0 Å². The van der Waals surface area contributed by atoms with Crippen molar-refractivity contribution < 1.29 is 8.85 Å². The number of hydrogen-bond acceptors (Lipinski definition) is 2. The van der Waals surface area contributed by atoms with Crippen LogP contribution >= 0.6 is 0 Å². The molecule has 0 radical (unpaired) electrons. The number of benzene rings is 2. The molecule has 1 atom stereocenters. The molecule has 0 spiro atoms. The van der Waals surface area contributed by atoms with Crippen LogP contribution < -0.4 is 10.4 Å². The third-order valence-corrected chi connectivity index (χ3v) is 10.1. The first kappa shape index (κ1) is 29.5. The summed E-state index contributed by atoms with van der Waals surface area (Å²) in [5, 5.41) is 2.42. The van der Waals surface area contributed by atoms with Gasteiger partial charge in [-0.15, -0.1) is 0 Å². The van der Waals surface area contributed by atoms with Crippen LogP contribution in [0.3, 0.4) is 0 Å². The predicted octanol–water partition coefficient (Wildman–Crippen LogP) is 8.19. The van der Waals surface area contributed by atoms with Gasteiger partial charge in [0.15, 0.2) is 0 Å². The van der Waals surface area contributed by atoms with Crippen molar-refractivity contribution in [2.24, 2.45) is 5.92 Å². The molecule has 2 aromatic rings. The molecule has 0 saturated heterocycles. The van der Waals surface area contributed by atoms with Crippen molar-refractivity contribution in [1.29, 1.82) is 0 Å². The van der Waals surface area contributed by atoms with Gasteiger partial charge in [-0.2, -0.15) is 0 Å². The lowest BCUT2D eigenvalue weighted by atomic mass is 10.0. The van der Waals surface area contributed by atoms with Gasteiger partial charge in [-0.1, -0.05) is 131 Å². The minimum atomic E-state index is -2.76. The molecule has 2 nitrogen and oxygen atoms in total. The SMILES string of the molecule is CCCCCCCCCCO[Si](OCCC(C)CCC=C(C)C)(c1ccccc1)c1ccccc1. The molecule has 3 heteroatoms. The Morgan fingerprint density at radius 1 is 0.714 bits per heavy atom. The van der Waals surface area contributed by atoms with E-state index in [0.29, 0.717) is 5.92 Å². The highest BCUT2D eigenvalue weighted by Crippen LogP contribution is 2.17. The molecule has 0 heterocycles. The Hall–Kier alpha value is -1.68. The minimum Gasteiger partial charge on any atom is -0.388 e. The topological polar surface area (TPSA) is 18.5 Å². The number of rotatable bonds is 19. The maximum absolute atomic E-state index is 6.87. The molecular formula is C32H50O2Si. The summed E-state index contributed by atoms with van der Waals surface area (Å²) in [4.78, 5) is 0. The number of hydrogen-bond donors (Lipinski definition) is 0. The van der Waals surface area contributed by atoms with Crippen LogP contribution in [0.5, 0.6) is 0 Å². The molecule has 0 aromatic heterocycles. The molecule has 0 aliphatic carbocycles. The Morgan fingerprint density at radius 3 is 1.77 bits per heavy atom. The third kappa shape index (κ3) is 11.3. The molecule has 0 saturated carbocycles. The minimum absolute atomic E-state index is 0.636. The highest BCUT2D eigenvalue weighted by Gasteiger charge is 2.42. The fraction of sp³-hybridized carbons (Fsp3) is 0.562. The summed E-state index contributed by atoms with van der Waals surface area (Å²) in [7, 11) is -2.76. The molecule has 2 rings (SSSR count). The second-order valence-electron chi connectivity index (χ2n) is 10.3. The Labute approximate surface area is 217 Å². The summed E-state index contributed by atoms with van der Waals surface area (Å²) < 4.78 is 13.7. The first-order chi connectivity index (χ1) is 17.1. The highest BCUT2D eigenvalue weighted by molar-refractivity contribution is 6.92. The van der Waals surface area contributed by atoms with Gasteiger partial charge in [0, 0.05) is 13.2 Å². The second kappa shape index (κ2) is 17.7. The van der Waals surface area contributed by atoms with Crippen molar-refractivity contribution in [3.05, 3.63) is 72.3 Å². The first-order valence-corrected chi connectivity index (χ1v) is 15.9. The van der Waals surface area contributed by atoms with Gasteiger partial charge >= 0.3 is 8.56 Å². The molecule has 0 bridgehead atoms. The zero-order chi connectivity index (χ0) is 25.2. The van der Waals surface area contributed by atoms with E-state index in [0.717, 1.165) is 32.5 Å². The molecule has 0 N–H and O–H groups in total. The summed E-state index contributed by atoms with van der Waals surface area (Å²) in [6, 6.07) is 21.4. The average Bonchev–Trinajstić information content (AvgIpc) is 2.87. The van der Waals surface area contributed by atoms with Gasteiger partial charge in [0.1, 0.15) is 0 Å². The van der Waals surface area contributed by atoms with Crippen LogP contribution in [0, 0.1) is 5.92 Å². The zero-order valence-electron chi connectivity index (χ0n) is 22.9. The van der Waals surface area contributed by atoms with Crippen molar-refractivity contribution >= 4 is 18.9 Å². The van der Waals surface area contributed by atoms with Crippen LogP contribution in [-0.2, 0) is 8.85 Å². The van der Waals surface area contributed by atoms with Crippen molar-refractivity contribution in [3.8, 4) is 0 Å². The predicted molar refractivity (Wildman–Crippen MR) is 155 cm³/mol. The zero-order valence-corrected chi connectivity index (χ0v) is 23.9. The van der Waals surface area contributed by atoms with Crippen LogP contribution in [-0.4, -0.2) is 21.8 Å². The van der Waals surface area contributed by atoms with Gasteiger partial charge in [-0.25, -0.2) is 0 Å². The van der Waals surface area contributed by atoms with Gasteiger partial charge < -0.3 is 8.85 Å². The summed E-state index contributed by atoms with van der Waals surface area (Å²) in [5.74, 6) is 0.636. The smallest absolute Gasteiger partial charge is 0.388 e. The maximum Gasteiger partial charge on any atom is 0.407 e. The van der Waals surface area contributed by atoms with Gasteiger partial charge in [0.05, 0.1) is 0 Å². The first-order valence-electron chi connectivity index (χ1n) is 14.1. The second-order valence-corrected chi connectivity index (χ2v) is 13.2. The van der Waals surface area contributed by atoms with Crippen molar-refractivity contribution in [1.82, 2.24) is 0 Å². The summed E-state index contributed by atoms with van der Waals surface area (Å²) in [6.45, 7) is 10.5. The Balaban J connectivity index is 2.03. The fourth-order valence-corrected chi connectivity index (χ4v) is 7.70. The van der Waals surface area contributed by atoms with E-state index in [9.17, 15) is 0 Å². The van der Waals surface area contributed by atoms with Gasteiger partial charge in [0.2, 0.25) is 0 Å². The van der Waals surface area contributed by atoms with E-state index in [2.05, 4.69) is 94.4 Å².